The number of amides is 1. The summed E-state index contributed by atoms with van der Waals surface area (Å²) < 4.78 is 5.71. The second-order valence-corrected chi connectivity index (χ2v) is 12.5. The SMILES string of the molecule is COC1=CC(=O)C=CC12C(c1ccccc1)=C([Si](C)(C)c1ccccc1)C(=O)N2C. The van der Waals surface area contributed by atoms with E-state index in [1.54, 1.807) is 19.1 Å². The molecule has 2 aromatic rings. The van der Waals surface area contributed by atoms with Crippen molar-refractivity contribution in [1.82, 2.24) is 4.90 Å². The molecule has 1 aliphatic carbocycles. The number of rotatable bonds is 4. The van der Waals surface area contributed by atoms with Crippen molar-refractivity contribution >= 4 is 30.5 Å². The number of carbonyl (C=O) groups excluding carboxylic acids is 2. The van der Waals surface area contributed by atoms with Gasteiger partial charge < -0.3 is 9.64 Å². The summed E-state index contributed by atoms with van der Waals surface area (Å²) in [7, 11) is 0.967. The first-order valence-corrected chi connectivity index (χ1v) is 13.0. The molecule has 0 N–H and O–H groups in total. The van der Waals surface area contributed by atoms with Crippen LogP contribution in [0.1, 0.15) is 5.56 Å². The molecule has 2 aliphatic rings. The Balaban J connectivity index is 2.09. The van der Waals surface area contributed by atoms with Crippen LogP contribution in [0, 0.1) is 0 Å². The van der Waals surface area contributed by atoms with Crippen LogP contribution in [-0.2, 0) is 14.3 Å². The molecule has 1 aliphatic heterocycles. The summed E-state index contributed by atoms with van der Waals surface area (Å²) in [6.45, 7) is 4.42. The maximum atomic E-state index is 13.8. The number of nitrogens with zero attached hydrogens (tertiary/aromatic N) is 1. The summed E-state index contributed by atoms with van der Waals surface area (Å²) in [6, 6.07) is 20.2. The number of ketones is 1. The van der Waals surface area contributed by atoms with Crippen LogP contribution in [0.2, 0.25) is 13.1 Å². The highest BCUT2D eigenvalue weighted by Crippen LogP contribution is 2.50. The molecular formula is C25H25NO3Si. The normalized spacial score (nSPS) is 21.5. The number of methoxy groups -OCH3 is 1. The number of hydrogen-bond donors (Lipinski definition) is 0. The van der Waals surface area contributed by atoms with Gasteiger partial charge in [0.2, 0.25) is 5.91 Å². The van der Waals surface area contributed by atoms with E-state index in [0.717, 1.165) is 16.3 Å². The van der Waals surface area contributed by atoms with Crippen molar-refractivity contribution in [2.24, 2.45) is 0 Å². The van der Waals surface area contributed by atoms with E-state index >= 15 is 0 Å². The average molecular weight is 416 g/mol. The molecule has 0 saturated carbocycles. The fourth-order valence-electron chi connectivity index (χ4n) is 4.61. The summed E-state index contributed by atoms with van der Waals surface area (Å²) in [5.41, 5.74) is 0.937. The van der Waals surface area contributed by atoms with E-state index in [4.69, 9.17) is 4.74 Å². The van der Waals surface area contributed by atoms with Crippen molar-refractivity contribution in [3.8, 4) is 0 Å². The number of ether oxygens (including phenoxy) is 1. The van der Waals surface area contributed by atoms with E-state index < -0.39 is 13.6 Å². The molecule has 1 heterocycles. The molecule has 1 spiro atoms. The number of likely N-dealkylation sites (N-methyl/N-ethyl adjacent to an activating group) is 1. The van der Waals surface area contributed by atoms with E-state index in [-0.39, 0.29) is 11.7 Å². The predicted molar refractivity (Wildman–Crippen MR) is 122 cm³/mol. The van der Waals surface area contributed by atoms with Crippen LogP contribution in [-0.4, -0.2) is 44.4 Å². The van der Waals surface area contributed by atoms with Crippen LogP contribution in [0.4, 0.5) is 0 Å². The largest absolute Gasteiger partial charge is 0.498 e. The van der Waals surface area contributed by atoms with Crippen molar-refractivity contribution in [3.05, 3.63) is 95.4 Å². The first kappa shape index (κ1) is 20.1. The van der Waals surface area contributed by atoms with E-state index in [1.165, 1.54) is 17.3 Å². The van der Waals surface area contributed by atoms with E-state index in [0.29, 0.717) is 5.76 Å². The highest BCUT2D eigenvalue weighted by Gasteiger charge is 2.56. The van der Waals surface area contributed by atoms with Crippen LogP contribution in [0.15, 0.2) is 89.8 Å². The lowest BCUT2D eigenvalue weighted by Gasteiger charge is -2.38. The molecule has 0 radical (unpaired) electrons. The van der Waals surface area contributed by atoms with E-state index in [9.17, 15) is 9.59 Å². The first-order chi connectivity index (χ1) is 14.3. The van der Waals surface area contributed by atoms with Crippen molar-refractivity contribution < 1.29 is 14.3 Å². The topological polar surface area (TPSA) is 46.6 Å². The second kappa shape index (κ2) is 7.25. The van der Waals surface area contributed by atoms with Crippen molar-refractivity contribution in [3.63, 3.8) is 0 Å². The van der Waals surface area contributed by atoms with Crippen LogP contribution in [0.25, 0.3) is 5.57 Å². The van der Waals surface area contributed by atoms with Gasteiger partial charge in [-0.1, -0.05) is 78.9 Å². The highest BCUT2D eigenvalue weighted by molar-refractivity contribution is 6.99. The Labute approximate surface area is 178 Å². The van der Waals surface area contributed by atoms with Gasteiger partial charge >= 0.3 is 0 Å². The molecule has 0 aromatic heterocycles. The highest BCUT2D eigenvalue weighted by atomic mass is 28.3. The molecule has 1 unspecified atom stereocenters. The Bertz CT molecular complexity index is 1100. The molecule has 5 heteroatoms. The van der Waals surface area contributed by atoms with Crippen molar-refractivity contribution in [2.75, 3.05) is 14.2 Å². The minimum Gasteiger partial charge on any atom is -0.498 e. The monoisotopic (exact) mass is 415 g/mol. The van der Waals surface area contributed by atoms with Gasteiger partial charge in [0, 0.05) is 23.9 Å². The minimum atomic E-state index is -2.38. The quantitative estimate of drug-likeness (QED) is 0.719. The van der Waals surface area contributed by atoms with Gasteiger partial charge in [0.15, 0.2) is 5.78 Å². The van der Waals surface area contributed by atoms with Crippen molar-refractivity contribution in [2.45, 2.75) is 18.6 Å². The second-order valence-electron chi connectivity index (χ2n) is 8.19. The lowest BCUT2D eigenvalue weighted by atomic mass is 9.81. The van der Waals surface area contributed by atoms with Gasteiger partial charge in [-0.25, -0.2) is 0 Å². The zero-order valence-electron chi connectivity index (χ0n) is 17.7. The molecule has 4 nitrogen and oxygen atoms in total. The third kappa shape index (κ3) is 2.81. The molecule has 0 bridgehead atoms. The van der Waals surface area contributed by atoms with Gasteiger partial charge in [0.1, 0.15) is 19.4 Å². The number of carbonyl (C=O) groups is 2. The van der Waals surface area contributed by atoms with Crippen LogP contribution in [0.3, 0.4) is 0 Å². The molecule has 0 saturated heterocycles. The standard InChI is InChI=1S/C25H25NO3Si/c1-26-24(28)23(30(3,4)20-13-9-6-10-14-20)22(18-11-7-5-8-12-18)25(26)16-15-19(27)17-21(25)29-2/h5-17H,1-4H3. The lowest BCUT2D eigenvalue weighted by molar-refractivity contribution is -0.126. The maximum Gasteiger partial charge on any atom is 0.247 e. The van der Waals surface area contributed by atoms with Gasteiger partial charge in [0.25, 0.3) is 0 Å². The molecule has 30 heavy (non-hydrogen) atoms. The molecule has 1 amide bonds. The van der Waals surface area contributed by atoms with Gasteiger partial charge in [0.05, 0.1) is 7.11 Å². The zero-order chi connectivity index (χ0) is 21.5. The van der Waals surface area contributed by atoms with Crippen molar-refractivity contribution in [1.29, 1.82) is 0 Å². The number of hydrogen-bond acceptors (Lipinski definition) is 3. The smallest absolute Gasteiger partial charge is 0.247 e. The van der Waals surface area contributed by atoms with E-state index in [1.807, 2.05) is 54.6 Å². The third-order valence-electron chi connectivity index (χ3n) is 6.22. The molecule has 1 atom stereocenters. The van der Waals surface area contributed by atoms with Gasteiger partial charge in [-0.2, -0.15) is 0 Å². The van der Waals surface area contributed by atoms with E-state index in [2.05, 4.69) is 25.2 Å². The Morgan fingerprint density at radius 2 is 1.53 bits per heavy atom. The van der Waals surface area contributed by atoms with Crippen LogP contribution < -0.4 is 5.19 Å². The number of allylic oxidation sites excluding steroid dienone is 2. The summed E-state index contributed by atoms with van der Waals surface area (Å²) in [5.74, 6) is 0.313. The van der Waals surface area contributed by atoms with Crippen LogP contribution in [0.5, 0.6) is 0 Å². The van der Waals surface area contributed by atoms with Gasteiger partial charge in [-0.3, -0.25) is 9.59 Å². The number of benzene rings is 2. The fraction of sp³-hybridized carbons (Fsp3) is 0.200. The predicted octanol–water partition coefficient (Wildman–Crippen LogP) is 3.48. The Morgan fingerprint density at radius 1 is 0.933 bits per heavy atom. The molecule has 0 fully saturated rings. The van der Waals surface area contributed by atoms with Crippen LogP contribution >= 0.6 is 0 Å². The Morgan fingerprint density at radius 3 is 2.13 bits per heavy atom. The molecule has 2 aromatic carbocycles. The zero-order valence-corrected chi connectivity index (χ0v) is 18.7. The third-order valence-corrected chi connectivity index (χ3v) is 9.71. The minimum absolute atomic E-state index is 0.0173. The fourth-order valence-corrected chi connectivity index (χ4v) is 7.59. The Kier molecular flexibility index (Phi) is 4.86. The maximum absolute atomic E-state index is 13.8. The molecular weight excluding hydrogens is 390 g/mol. The summed E-state index contributed by atoms with van der Waals surface area (Å²) in [4.78, 5) is 27.7. The first-order valence-electron chi connectivity index (χ1n) is 9.97. The lowest BCUT2D eigenvalue weighted by Crippen LogP contribution is -2.49. The summed E-state index contributed by atoms with van der Waals surface area (Å²) in [5, 5.41) is 2.02. The van der Waals surface area contributed by atoms with Gasteiger partial charge in [-0.05, 0) is 17.7 Å². The summed E-state index contributed by atoms with van der Waals surface area (Å²) in [6.07, 6.45) is 4.85. The average Bonchev–Trinajstić information content (AvgIpc) is 2.99. The Hall–Kier alpha value is -3.18. The molecule has 4 rings (SSSR count). The van der Waals surface area contributed by atoms with Gasteiger partial charge in [-0.15, -0.1) is 0 Å². The molecule has 152 valence electrons. The summed E-state index contributed by atoms with van der Waals surface area (Å²) >= 11 is 0.